The molecule has 0 aromatic rings. The summed E-state index contributed by atoms with van der Waals surface area (Å²) in [5, 5.41) is 5.83. The summed E-state index contributed by atoms with van der Waals surface area (Å²) < 4.78 is 25.7. The molecule has 1 aliphatic rings. The first-order chi connectivity index (χ1) is 15.4. The van der Waals surface area contributed by atoms with E-state index in [4.69, 9.17) is 29.2 Å². The molecule has 1 amide bonds. The standard InChI is InChI=1S/C19H28N4O10/c1-8(2)7-12(19(28)29-6)21-17(27)15-13(30-9(3)24)14(31-10(4)25)16(32-11(5)26)18(33-15)22-23-20/h8,12-16,18H,7H2,1-6H3,(H,21,27)/t12-,13-,14-,15-,16+,18+/m0/s1. The third-order valence-corrected chi connectivity index (χ3v) is 4.35. The SMILES string of the molecule is COC(=O)[C@H](CC(C)C)NC(=O)[C@H]1O[C@@H](N=[N+]=[N-])[C@H](OC(C)=O)[C@@H](OC(C)=O)[C@@H]1OC(C)=O. The highest BCUT2D eigenvalue weighted by Crippen LogP contribution is 2.30. The highest BCUT2D eigenvalue weighted by molar-refractivity contribution is 5.88. The number of esters is 4. The molecule has 0 aliphatic carbocycles. The van der Waals surface area contributed by atoms with E-state index in [9.17, 15) is 24.0 Å². The Balaban J connectivity index is 3.43. The quantitative estimate of drug-likeness (QED) is 0.163. The van der Waals surface area contributed by atoms with E-state index >= 15 is 0 Å². The fourth-order valence-corrected chi connectivity index (χ4v) is 3.23. The predicted octanol–water partition coefficient (Wildman–Crippen LogP) is 0.521. The molecule has 1 fully saturated rings. The van der Waals surface area contributed by atoms with Gasteiger partial charge in [0.1, 0.15) is 6.04 Å². The Hall–Kier alpha value is -3.38. The van der Waals surface area contributed by atoms with Gasteiger partial charge in [0.2, 0.25) is 0 Å². The number of ether oxygens (including phenoxy) is 5. The number of nitrogens with one attached hydrogen (secondary N) is 1. The van der Waals surface area contributed by atoms with Gasteiger partial charge in [-0.2, -0.15) is 0 Å². The third-order valence-electron chi connectivity index (χ3n) is 4.35. The number of hydrogen-bond donors (Lipinski definition) is 1. The van der Waals surface area contributed by atoms with Gasteiger partial charge < -0.3 is 29.0 Å². The van der Waals surface area contributed by atoms with Crippen LogP contribution in [0.3, 0.4) is 0 Å². The van der Waals surface area contributed by atoms with E-state index in [-0.39, 0.29) is 12.3 Å². The van der Waals surface area contributed by atoms with E-state index in [2.05, 4.69) is 15.3 Å². The van der Waals surface area contributed by atoms with Gasteiger partial charge in [-0.15, -0.1) is 0 Å². The van der Waals surface area contributed by atoms with Gasteiger partial charge in [0.25, 0.3) is 5.91 Å². The van der Waals surface area contributed by atoms with Crippen molar-refractivity contribution in [1.29, 1.82) is 0 Å². The van der Waals surface area contributed by atoms with Crippen molar-refractivity contribution in [3.05, 3.63) is 10.4 Å². The summed E-state index contributed by atoms with van der Waals surface area (Å²) in [6.07, 6.45) is -7.78. The maximum absolute atomic E-state index is 13.1. The van der Waals surface area contributed by atoms with Gasteiger partial charge >= 0.3 is 23.9 Å². The molecular formula is C19H28N4O10. The van der Waals surface area contributed by atoms with E-state index < -0.39 is 66.5 Å². The lowest BCUT2D eigenvalue weighted by Crippen LogP contribution is -2.65. The number of rotatable bonds is 9. The number of methoxy groups -OCH3 is 1. The molecule has 0 aromatic carbocycles. The summed E-state index contributed by atoms with van der Waals surface area (Å²) in [6.45, 7) is 6.76. The summed E-state index contributed by atoms with van der Waals surface area (Å²) >= 11 is 0. The highest BCUT2D eigenvalue weighted by atomic mass is 16.7. The summed E-state index contributed by atoms with van der Waals surface area (Å²) in [5.41, 5.74) is 8.91. The van der Waals surface area contributed by atoms with Crippen LogP contribution >= 0.6 is 0 Å². The van der Waals surface area contributed by atoms with Gasteiger partial charge in [0.15, 0.2) is 30.6 Å². The molecular weight excluding hydrogens is 444 g/mol. The van der Waals surface area contributed by atoms with Crippen LogP contribution in [0.4, 0.5) is 0 Å². The molecule has 184 valence electrons. The first kappa shape index (κ1) is 27.7. The van der Waals surface area contributed by atoms with Crippen LogP contribution in [-0.4, -0.2) is 73.6 Å². The minimum Gasteiger partial charge on any atom is -0.467 e. The second-order valence-corrected chi connectivity index (χ2v) is 7.59. The van der Waals surface area contributed by atoms with Gasteiger partial charge in [-0.25, -0.2) is 4.79 Å². The van der Waals surface area contributed by atoms with Crippen LogP contribution in [0.25, 0.3) is 10.4 Å². The molecule has 0 bridgehead atoms. The van der Waals surface area contributed by atoms with E-state index in [1.54, 1.807) is 0 Å². The lowest BCUT2D eigenvalue weighted by molar-refractivity contribution is -0.242. The predicted molar refractivity (Wildman–Crippen MR) is 108 cm³/mol. The Morgan fingerprint density at radius 3 is 1.94 bits per heavy atom. The smallest absolute Gasteiger partial charge is 0.328 e. The summed E-state index contributed by atoms with van der Waals surface area (Å²) in [4.78, 5) is 62.9. The van der Waals surface area contributed by atoms with E-state index in [0.717, 1.165) is 27.9 Å². The van der Waals surface area contributed by atoms with Gasteiger partial charge in [0.05, 0.1) is 7.11 Å². The molecule has 0 saturated carbocycles. The Morgan fingerprint density at radius 1 is 0.970 bits per heavy atom. The Kier molecular flexibility index (Phi) is 10.6. The fraction of sp³-hybridized carbons (Fsp3) is 0.737. The molecule has 1 heterocycles. The minimum atomic E-state index is -1.69. The number of azide groups is 1. The van der Waals surface area contributed by atoms with E-state index in [1.807, 2.05) is 13.8 Å². The van der Waals surface area contributed by atoms with Crippen molar-refractivity contribution >= 4 is 29.8 Å². The lowest BCUT2D eigenvalue weighted by Gasteiger charge is -2.42. The minimum absolute atomic E-state index is 0.0102. The highest BCUT2D eigenvalue weighted by Gasteiger charge is 2.54. The van der Waals surface area contributed by atoms with E-state index in [0.29, 0.717) is 0 Å². The van der Waals surface area contributed by atoms with Crippen LogP contribution in [0.2, 0.25) is 0 Å². The summed E-state index contributed by atoms with van der Waals surface area (Å²) in [6, 6.07) is -1.07. The summed E-state index contributed by atoms with van der Waals surface area (Å²) in [7, 11) is 1.15. The van der Waals surface area contributed by atoms with Crippen LogP contribution in [0, 0.1) is 5.92 Å². The van der Waals surface area contributed by atoms with Gasteiger partial charge in [0, 0.05) is 25.7 Å². The van der Waals surface area contributed by atoms with Crippen molar-refractivity contribution in [3.8, 4) is 0 Å². The third kappa shape index (κ3) is 8.24. The van der Waals surface area contributed by atoms with Gasteiger partial charge in [-0.3, -0.25) is 19.2 Å². The van der Waals surface area contributed by atoms with Crippen LogP contribution < -0.4 is 5.32 Å². The molecule has 33 heavy (non-hydrogen) atoms. The van der Waals surface area contributed by atoms with Crippen LogP contribution in [0.1, 0.15) is 41.0 Å². The fourth-order valence-electron chi connectivity index (χ4n) is 3.23. The molecule has 6 atom stereocenters. The monoisotopic (exact) mass is 472 g/mol. The Bertz CT molecular complexity index is 810. The molecule has 1 saturated heterocycles. The zero-order chi connectivity index (χ0) is 25.3. The van der Waals surface area contributed by atoms with Crippen molar-refractivity contribution < 1.29 is 47.7 Å². The number of carbonyl (C=O) groups excluding carboxylic acids is 5. The molecule has 14 nitrogen and oxygen atoms in total. The van der Waals surface area contributed by atoms with Crippen LogP contribution in [0.15, 0.2) is 5.11 Å². The van der Waals surface area contributed by atoms with Crippen molar-refractivity contribution in [2.75, 3.05) is 7.11 Å². The number of amides is 1. The number of carbonyl (C=O) groups is 5. The maximum Gasteiger partial charge on any atom is 0.328 e. The van der Waals surface area contributed by atoms with Gasteiger partial charge in [-0.1, -0.05) is 19.0 Å². The van der Waals surface area contributed by atoms with E-state index in [1.165, 1.54) is 0 Å². The Morgan fingerprint density at radius 2 is 1.48 bits per heavy atom. The largest absolute Gasteiger partial charge is 0.467 e. The molecule has 1 N–H and O–H groups in total. The van der Waals surface area contributed by atoms with Crippen molar-refractivity contribution in [1.82, 2.24) is 5.32 Å². The van der Waals surface area contributed by atoms with Crippen molar-refractivity contribution in [2.45, 2.75) is 77.7 Å². The lowest BCUT2D eigenvalue weighted by atomic mass is 9.95. The molecule has 0 radical (unpaired) electrons. The molecule has 1 aliphatic heterocycles. The van der Waals surface area contributed by atoms with Crippen molar-refractivity contribution in [2.24, 2.45) is 11.0 Å². The zero-order valence-electron chi connectivity index (χ0n) is 19.2. The summed E-state index contributed by atoms with van der Waals surface area (Å²) in [5.74, 6) is -4.24. The average Bonchev–Trinajstić information content (AvgIpc) is 2.69. The molecule has 14 heteroatoms. The second kappa shape index (κ2) is 12.6. The molecule has 0 unspecified atom stereocenters. The molecule has 0 spiro atoms. The first-order valence-corrected chi connectivity index (χ1v) is 10.0. The zero-order valence-corrected chi connectivity index (χ0v) is 19.2. The first-order valence-electron chi connectivity index (χ1n) is 10.0. The second-order valence-electron chi connectivity index (χ2n) is 7.59. The van der Waals surface area contributed by atoms with Crippen molar-refractivity contribution in [3.63, 3.8) is 0 Å². The molecule has 1 rings (SSSR count). The van der Waals surface area contributed by atoms with Crippen LogP contribution in [0.5, 0.6) is 0 Å². The maximum atomic E-state index is 13.1. The normalized spacial score (nSPS) is 25.1. The Labute approximate surface area is 189 Å². The number of nitrogens with zero attached hydrogens (tertiary/aromatic N) is 3. The molecule has 0 aromatic heterocycles. The van der Waals surface area contributed by atoms with Crippen LogP contribution in [-0.2, 0) is 47.7 Å². The van der Waals surface area contributed by atoms with Gasteiger partial charge in [-0.05, 0) is 17.9 Å². The average molecular weight is 472 g/mol. The number of hydrogen-bond acceptors (Lipinski definition) is 11. The topological polar surface area (TPSA) is 192 Å².